The maximum Gasteiger partial charge on any atom is 0.230 e. The fourth-order valence-corrected chi connectivity index (χ4v) is 3.33. The molecule has 0 radical (unpaired) electrons. The molecule has 2 aromatic heterocycles. The van der Waals surface area contributed by atoms with Crippen molar-refractivity contribution in [1.29, 1.82) is 0 Å². The second kappa shape index (κ2) is 5.77. The third-order valence-corrected chi connectivity index (χ3v) is 4.58. The lowest BCUT2D eigenvalue weighted by Gasteiger charge is -2.11. The number of aromatic nitrogens is 1. The lowest BCUT2D eigenvalue weighted by atomic mass is 10.1. The van der Waals surface area contributed by atoms with E-state index in [-0.39, 0.29) is 0 Å². The van der Waals surface area contributed by atoms with E-state index in [9.17, 15) is 0 Å². The van der Waals surface area contributed by atoms with Gasteiger partial charge in [-0.15, -0.1) is 0 Å². The van der Waals surface area contributed by atoms with Crippen LogP contribution in [0.15, 0.2) is 77.2 Å². The van der Waals surface area contributed by atoms with Gasteiger partial charge in [-0.1, -0.05) is 36.4 Å². The fourth-order valence-electron chi connectivity index (χ4n) is 3.33. The Morgan fingerprint density at radius 1 is 0.846 bits per heavy atom. The first kappa shape index (κ1) is 14.8. The predicted molar refractivity (Wildman–Crippen MR) is 105 cm³/mol. The van der Waals surface area contributed by atoms with Crippen LogP contribution in [-0.4, -0.2) is 12.1 Å². The van der Waals surface area contributed by atoms with Gasteiger partial charge in [0.05, 0.1) is 23.7 Å². The molecule has 5 aromatic rings. The van der Waals surface area contributed by atoms with E-state index >= 15 is 0 Å². The third kappa shape index (κ3) is 2.27. The Hall–Kier alpha value is -3.53. The maximum absolute atomic E-state index is 6.00. The summed E-state index contributed by atoms with van der Waals surface area (Å²) in [7, 11) is 1.67. The Labute approximate surface area is 150 Å². The van der Waals surface area contributed by atoms with Gasteiger partial charge in [0.25, 0.3) is 0 Å². The maximum atomic E-state index is 6.00. The minimum absolute atomic E-state index is 0.640. The number of benzene rings is 3. The monoisotopic (exact) mass is 340 g/mol. The molecule has 4 nitrogen and oxygen atoms in total. The van der Waals surface area contributed by atoms with Crippen LogP contribution in [0.4, 0.5) is 11.4 Å². The van der Waals surface area contributed by atoms with Crippen molar-refractivity contribution in [2.24, 2.45) is 0 Å². The first-order valence-electron chi connectivity index (χ1n) is 8.44. The molecule has 126 valence electrons. The van der Waals surface area contributed by atoms with Gasteiger partial charge >= 0.3 is 0 Å². The third-order valence-electron chi connectivity index (χ3n) is 4.58. The molecule has 3 aromatic carbocycles. The van der Waals surface area contributed by atoms with Crippen LogP contribution in [0.25, 0.3) is 33.0 Å². The number of nitrogens with zero attached hydrogens (tertiary/aromatic N) is 1. The molecule has 0 fully saturated rings. The van der Waals surface area contributed by atoms with Crippen molar-refractivity contribution in [3.8, 4) is 5.75 Å². The van der Waals surface area contributed by atoms with Crippen LogP contribution in [0.1, 0.15) is 0 Å². The summed E-state index contributed by atoms with van der Waals surface area (Å²) in [5.74, 6) is 0.828. The highest BCUT2D eigenvalue weighted by Gasteiger charge is 2.16. The number of hydrogen-bond donors (Lipinski definition) is 1. The van der Waals surface area contributed by atoms with Crippen LogP contribution < -0.4 is 10.1 Å². The summed E-state index contributed by atoms with van der Waals surface area (Å²) in [6, 6.07) is 24.0. The van der Waals surface area contributed by atoms with E-state index in [0.29, 0.717) is 5.71 Å². The number of fused-ring (bicyclic) bond motifs is 4. The lowest BCUT2D eigenvalue weighted by Crippen LogP contribution is -1.94. The van der Waals surface area contributed by atoms with Crippen molar-refractivity contribution >= 4 is 44.3 Å². The highest BCUT2D eigenvalue weighted by Crippen LogP contribution is 2.39. The Bertz CT molecular complexity index is 1240. The molecule has 2 heterocycles. The summed E-state index contributed by atoms with van der Waals surface area (Å²) in [5, 5.41) is 6.67. The molecule has 26 heavy (non-hydrogen) atoms. The Morgan fingerprint density at radius 3 is 2.38 bits per heavy atom. The van der Waals surface area contributed by atoms with Gasteiger partial charge in [-0.05, 0) is 36.4 Å². The summed E-state index contributed by atoms with van der Waals surface area (Å²) in [6.45, 7) is 0. The zero-order valence-electron chi connectivity index (χ0n) is 14.2. The van der Waals surface area contributed by atoms with Crippen molar-refractivity contribution in [3.05, 3.63) is 72.8 Å². The van der Waals surface area contributed by atoms with E-state index in [2.05, 4.69) is 17.4 Å². The number of para-hydroxylation sites is 2. The number of ether oxygens (including phenoxy) is 1. The van der Waals surface area contributed by atoms with Crippen molar-refractivity contribution in [2.75, 3.05) is 12.4 Å². The fraction of sp³-hybridized carbons (Fsp3) is 0.0455. The quantitative estimate of drug-likeness (QED) is 0.445. The second-order valence-electron chi connectivity index (χ2n) is 6.14. The average Bonchev–Trinajstić information content (AvgIpc) is 3.06. The van der Waals surface area contributed by atoms with Crippen molar-refractivity contribution < 1.29 is 9.15 Å². The molecule has 0 unspecified atom stereocenters. The summed E-state index contributed by atoms with van der Waals surface area (Å²) < 4.78 is 11.3. The summed E-state index contributed by atoms with van der Waals surface area (Å²) in [6.07, 6.45) is 0. The summed E-state index contributed by atoms with van der Waals surface area (Å²) >= 11 is 0. The lowest BCUT2D eigenvalue weighted by molar-refractivity contribution is 0.415. The largest absolute Gasteiger partial charge is 0.497 e. The highest BCUT2D eigenvalue weighted by atomic mass is 16.5. The molecular weight excluding hydrogens is 324 g/mol. The van der Waals surface area contributed by atoms with E-state index < -0.39 is 0 Å². The summed E-state index contributed by atoms with van der Waals surface area (Å²) in [4.78, 5) is 4.72. The highest BCUT2D eigenvalue weighted by molar-refractivity contribution is 6.18. The number of methoxy groups -OCH3 is 1. The predicted octanol–water partition coefficient (Wildman–Crippen LogP) is 5.89. The number of rotatable bonds is 3. The van der Waals surface area contributed by atoms with Crippen LogP contribution in [0.2, 0.25) is 0 Å². The topological polar surface area (TPSA) is 47.3 Å². The SMILES string of the molecule is COc1ccc(Nc2c3ccccc3nc3oc4ccccc4c23)cc1. The van der Waals surface area contributed by atoms with E-state index in [1.807, 2.05) is 60.7 Å². The molecule has 0 aliphatic heterocycles. The second-order valence-corrected chi connectivity index (χ2v) is 6.14. The van der Waals surface area contributed by atoms with Crippen LogP contribution in [-0.2, 0) is 0 Å². The van der Waals surface area contributed by atoms with Gasteiger partial charge in [0.15, 0.2) is 0 Å². The number of nitrogens with one attached hydrogen (secondary N) is 1. The Balaban J connectivity index is 1.81. The van der Waals surface area contributed by atoms with Gasteiger partial charge in [0, 0.05) is 16.5 Å². The van der Waals surface area contributed by atoms with E-state index in [4.69, 9.17) is 14.1 Å². The van der Waals surface area contributed by atoms with Crippen LogP contribution >= 0.6 is 0 Å². The van der Waals surface area contributed by atoms with Crippen molar-refractivity contribution in [3.63, 3.8) is 0 Å². The van der Waals surface area contributed by atoms with Gasteiger partial charge in [-0.3, -0.25) is 0 Å². The van der Waals surface area contributed by atoms with Crippen LogP contribution in [0.3, 0.4) is 0 Å². The molecule has 0 atom stereocenters. The first-order valence-corrected chi connectivity index (χ1v) is 8.44. The number of furan rings is 1. The van der Waals surface area contributed by atoms with Gasteiger partial charge in [0.2, 0.25) is 5.71 Å². The molecular formula is C22H16N2O2. The molecule has 0 amide bonds. The molecule has 0 bridgehead atoms. The molecule has 0 spiro atoms. The number of pyridine rings is 1. The van der Waals surface area contributed by atoms with Crippen molar-refractivity contribution in [2.45, 2.75) is 0 Å². The molecule has 1 N–H and O–H groups in total. The van der Waals surface area contributed by atoms with Gasteiger partial charge < -0.3 is 14.5 Å². The first-order chi connectivity index (χ1) is 12.8. The summed E-state index contributed by atoms with van der Waals surface area (Å²) in [5.41, 5.74) is 4.36. The average molecular weight is 340 g/mol. The van der Waals surface area contributed by atoms with Crippen molar-refractivity contribution in [1.82, 2.24) is 4.98 Å². The Morgan fingerprint density at radius 2 is 1.58 bits per heavy atom. The standard InChI is InChI=1S/C22H16N2O2/c1-25-15-12-10-14(11-13-15)23-21-16-6-2-4-8-18(16)24-22-20(21)17-7-3-5-9-19(17)26-22/h2-13H,1H3,(H,23,24). The minimum Gasteiger partial charge on any atom is -0.497 e. The van der Waals surface area contributed by atoms with Gasteiger partial charge in [-0.2, -0.15) is 0 Å². The Kier molecular flexibility index (Phi) is 3.28. The van der Waals surface area contributed by atoms with E-state index in [0.717, 1.165) is 44.4 Å². The van der Waals surface area contributed by atoms with Crippen LogP contribution in [0, 0.1) is 0 Å². The zero-order valence-corrected chi connectivity index (χ0v) is 14.2. The van der Waals surface area contributed by atoms with E-state index in [1.165, 1.54) is 0 Å². The minimum atomic E-state index is 0.640. The number of hydrogen-bond acceptors (Lipinski definition) is 4. The van der Waals surface area contributed by atoms with E-state index in [1.54, 1.807) is 7.11 Å². The molecule has 0 saturated carbocycles. The molecule has 4 heteroatoms. The van der Waals surface area contributed by atoms with Crippen LogP contribution in [0.5, 0.6) is 5.75 Å². The zero-order chi connectivity index (χ0) is 17.5. The van der Waals surface area contributed by atoms with Gasteiger partial charge in [0.1, 0.15) is 11.3 Å². The molecule has 0 aliphatic carbocycles. The molecule has 0 saturated heterocycles. The normalized spacial score (nSPS) is 11.3. The smallest absolute Gasteiger partial charge is 0.230 e. The number of anilines is 2. The molecule has 0 aliphatic rings. The molecule has 5 rings (SSSR count). The van der Waals surface area contributed by atoms with Gasteiger partial charge in [-0.25, -0.2) is 4.98 Å².